The summed E-state index contributed by atoms with van der Waals surface area (Å²) in [6, 6.07) is 3.62. The van der Waals surface area contributed by atoms with Gasteiger partial charge in [-0.1, -0.05) is 17.2 Å². The zero-order valence-electron chi connectivity index (χ0n) is 17.3. The van der Waals surface area contributed by atoms with E-state index in [0.717, 1.165) is 44.4 Å². The highest BCUT2D eigenvalue weighted by atomic mass is 79.9. The van der Waals surface area contributed by atoms with Gasteiger partial charge in [-0.15, -0.1) is 0 Å². The van der Waals surface area contributed by atoms with Crippen LogP contribution in [0.1, 0.15) is 42.1 Å². The number of carbonyl (C=O) groups is 1. The van der Waals surface area contributed by atoms with Crippen molar-refractivity contribution in [1.82, 2.24) is 9.88 Å². The Morgan fingerprint density at radius 2 is 1.97 bits per heavy atom. The molecular formula is C22H20Br2ClN3O4. The highest BCUT2D eigenvalue weighted by Crippen LogP contribution is 2.45. The van der Waals surface area contributed by atoms with Crippen LogP contribution in [0, 0.1) is 10.1 Å². The lowest BCUT2D eigenvalue weighted by Gasteiger charge is -2.29. The van der Waals surface area contributed by atoms with Gasteiger partial charge < -0.3 is 9.64 Å². The summed E-state index contributed by atoms with van der Waals surface area (Å²) in [7, 11) is 0. The molecule has 0 saturated carbocycles. The van der Waals surface area contributed by atoms with Crippen LogP contribution in [0.5, 0.6) is 0 Å². The summed E-state index contributed by atoms with van der Waals surface area (Å²) in [6.07, 6.45) is 4.11. The maximum Gasteiger partial charge on any atom is 0.409 e. The van der Waals surface area contributed by atoms with E-state index in [0.29, 0.717) is 43.4 Å². The van der Waals surface area contributed by atoms with Crippen molar-refractivity contribution >= 4 is 60.8 Å². The smallest absolute Gasteiger partial charge is 0.409 e. The van der Waals surface area contributed by atoms with E-state index >= 15 is 0 Å². The van der Waals surface area contributed by atoms with E-state index in [1.807, 2.05) is 6.07 Å². The van der Waals surface area contributed by atoms with Crippen LogP contribution in [-0.4, -0.2) is 40.6 Å². The fourth-order valence-corrected chi connectivity index (χ4v) is 5.55. The van der Waals surface area contributed by atoms with Gasteiger partial charge >= 0.3 is 6.09 Å². The number of nitrogens with zero attached hydrogens (tertiary/aromatic N) is 3. The van der Waals surface area contributed by atoms with Gasteiger partial charge in [0, 0.05) is 39.9 Å². The minimum Gasteiger partial charge on any atom is -0.450 e. The summed E-state index contributed by atoms with van der Waals surface area (Å²) in [5.41, 5.74) is 5.50. The Morgan fingerprint density at radius 1 is 1.25 bits per heavy atom. The van der Waals surface area contributed by atoms with E-state index in [-0.39, 0.29) is 16.8 Å². The minimum absolute atomic E-state index is 0.107. The molecule has 168 valence electrons. The summed E-state index contributed by atoms with van der Waals surface area (Å²) >= 11 is 13.4. The van der Waals surface area contributed by atoms with Gasteiger partial charge in [0.15, 0.2) is 0 Å². The third-order valence-corrected chi connectivity index (χ3v) is 7.74. The molecule has 4 rings (SSSR count). The topological polar surface area (TPSA) is 85.6 Å². The van der Waals surface area contributed by atoms with Crippen LogP contribution in [0.4, 0.5) is 10.5 Å². The summed E-state index contributed by atoms with van der Waals surface area (Å²) in [5.74, 6) is 0. The summed E-state index contributed by atoms with van der Waals surface area (Å²) in [5, 5.41) is 11.8. The number of hydrogen-bond donors (Lipinski definition) is 0. The zero-order chi connectivity index (χ0) is 23.0. The predicted octanol–water partition coefficient (Wildman–Crippen LogP) is 6.32. The Hall–Kier alpha value is -1.97. The number of piperidine rings is 1. The third kappa shape index (κ3) is 4.30. The quantitative estimate of drug-likeness (QED) is 0.304. The number of aryl methyl sites for hydroxylation is 1. The van der Waals surface area contributed by atoms with Crippen LogP contribution >= 0.6 is 43.5 Å². The molecule has 1 aliphatic heterocycles. The third-order valence-electron chi connectivity index (χ3n) is 5.82. The number of nitro benzene ring substituents is 1. The largest absolute Gasteiger partial charge is 0.450 e. The standard InChI is InChI=1S/C22H20Br2ClN3O4/c1-2-32-22(29)27-7-5-12(6-8-27)18-16-10-17(28(30)31)20(25)19(24)15(16)4-3-13-9-14(23)11-26-21(13)18/h9-11H,2-8H2,1H3. The molecule has 32 heavy (non-hydrogen) atoms. The first-order valence-electron chi connectivity index (χ1n) is 10.3. The van der Waals surface area contributed by atoms with Crippen molar-refractivity contribution in [2.45, 2.75) is 32.6 Å². The molecule has 10 heteroatoms. The molecule has 1 fully saturated rings. The number of amides is 1. The molecule has 0 unspecified atom stereocenters. The minimum atomic E-state index is -0.458. The van der Waals surface area contributed by atoms with Gasteiger partial charge in [-0.3, -0.25) is 15.1 Å². The summed E-state index contributed by atoms with van der Waals surface area (Å²) < 4.78 is 6.57. The lowest BCUT2D eigenvalue weighted by atomic mass is 9.88. The zero-order valence-corrected chi connectivity index (χ0v) is 21.2. The molecule has 1 aromatic heterocycles. The van der Waals surface area contributed by atoms with E-state index in [4.69, 9.17) is 21.3 Å². The van der Waals surface area contributed by atoms with E-state index in [1.54, 1.807) is 24.1 Å². The Kier molecular flexibility index (Phi) is 6.88. The molecule has 2 heterocycles. The van der Waals surface area contributed by atoms with Gasteiger partial charge in [0.25, 0.3) is 5.69 Å². The number of halogens is 3. The Morgan fingerprint density at radius 3 is 2.62 bits per heavy atom. The number of benzene rings is 1. The molecule has 1 amide bonds. The predicted molar refractivity (Wildman–Crippen MR) is 129 cm³/mol. The van der Waals surface area contributed by atoms with Gasteiger partial charge in [0.2, 0.25) is 0 Å². The van der Waals surface area contributed by atoms with Crippen molar-refractivity contribution in [2.24, 2.45) is 0 Å². The van der Waals surface area contributed by atoms with Crippen LogP contribution in [0.2, 0.25) is 5.02 Å². The SMILES string of the molecule is CCOC(=O)N1CCC(=C2c3cc([N+](=O)[O-])c(Cl)c(Br)c3CCc3cc(Br)cnc32)CC1. The van der Waals surface area contributed by atoms with Crippen LogP contribution in [0.25, 0.3) is 5.57 Å². The summed E-state index contributed by atoms with van der Waals surface area (Å²) in [6.45, 7) is 3.17. The Labute approximate surface area is 207 Å². The number of rotatable bonds is 2. The molecule has 2 aliphatic rings. The van der Waals surface area contributed by atoms with Crippen molar-refractivity contribution in [3.8, 4) is 0 Å². The number of likely N-dealkylation sites (tertiary alicyclic amines) is 1. The fourth-order valence-electron chi connectivity index (χ4n) is 4.32. The highest BCUT2D eigenvalue weighted by molar-refractivity contribution is 9.10. The number of aromatic nitrogens is 1. The number of hydrogen-bond acceptors (Lipinski definition) is 5. The number of pyridine rings is 1. The van der Waals surface area contributed by atoms with Gasteiger partial charge in [0.05, 0.1) is 17.2 Å². The Balaban J connectivity index is 1.89. The van der Waals surface area contributed by atoms with Crippen LogP contribution < -0.4 is 0 Å². The highest BCUT2D eigenvalue weighted by Gasteiger charge is 2.31. The molecule has 7 nitrogen and oxygen atoms in total. The van der Waals surface area contributed by atoms with Crippen molar-refractivity contribution in [3.63, 3.8) is 0 Å². The van der Waals surface area contributed by atoms with Crippen molar-refractivity contribution < 1.29 is 14.5 Å². The molecule has 2 aromatic rings. The Bertz CT molecular complexity index is 1140. The fraction of sp³-hybridized carbons (Fsp3) is 0.364. The molecule has 0 bridgehead atoms. The molecule has 1 saturated heterocycles. The van der Waals surface area contributed by atoms with Gasteiger partial charge in [0.1, 0.15) is 5.02 Å². The number of fused-ring (bicyclic) bond motifs is 2. The number of carbonyl (C=O) groups excluding carboxylic acids is 1. The molecule has 0 spiro atoms. The first kappa shape index (κ1) is 23.2. The van der Waals surface area contributed by atoms with Crippen LogP contribution in [0.15, 0.2) is 32.8 Å². The first-order valence-corrected chi connectivity index (χ1v) is 12.2. The van der Waals surface area contributed by atoms with Crippen molar-refractivity contribution in [1.29, 1.82) is 0 Å². The molecule has 0 N–H and O–H groups in total. The van der Waals surface area contributed by atoms with Gasteiger partial charge in [-0.25, -0.2) is 4.79 Å². The van der Waals surface area contributed by atoms with Crippen molar-refractivity contribution in [2.75, 3.05) is 19.7 Å². The van der Waals surface area contributed by atoms with Gasteiger partial charge in [-0.05, 0) is 87.2 Å². The maximum atomic E-state index is 12.1. The lowest BCUT2D eigenvalue weighted by molar-refractivity contribution is -0.384. The van der Waals surface area contributed by atoms with Gasteiger partial charge in [-0.2, -0.15) is 0 Å². The summed E-state index contributed by atoms with van der Waals surface area (Å²) in [4.78, 5) is 29.8. The molecule has 1 aromatic carbocycles. The monoisotopic (exact) mass is 583 g/mol. The molecule has 0 atom stereocenters. The van der Waals surface area contributed by atoms with E-state index in [2.05, 4.69) is 31.9 Å². The van der Waals surface area contributed by atoms with Crippen LogP contribution in [0.3, 0.4) is 0 Å². The number of nitro groups is 1. The second kappa shape index (κ2) is 9.49. The first-order chi connectivity index (χ1) is 15.3. The second-order valence-corrected chi connectivity index (χ2v) is 9.72. The normalized spacial score (nSPS) is 15.7. The average molecular weight is 586 g/mol. The average Bonchev–Trinajstić information content (AvgIpc) is 2.92. The maximum absolute atomic E-state index is 12.1. The van der Waals surface area contributed by atoms with Crippen LogP contribution in [-0.2, 0) is 17.6 Å². The van der Waals surface area contributed by atoms with E-state index < -0.39 is 4.92 Å². The molecular weight excluding hydrogens is 566 g/mol. The molecule has 1 aliphatic carbocycles. The van der Waals surface area contributed by atoms with E-state index in [1.165, 1.54) is 0 Å². The molecule has 0 radical (unpaired) electrons. The lowest BCUT2D eigenvalue weighted by Crippen LogP contribution is -2.37. The number of ether oxygens (including phenoxy) is 1. The van der Waals surface area contributed by atoms with E-state index in [9.17, 15) is 14.9 Å². The van der Waals surface area contributed by atoms with Crippen molar-refractivity contribution in [3.05, 3.63) is 70.4 Å². The second-order valence-electron chi connectivity index (χ2n) is 7.63.